The lowest BCUT2D eigenvalue weighted by atomic mass is 10.4. The maximum Gasteiger partial charge on any atom is 0.271 e. The monoisotopic (exact) mass is 334 g/mol. The van der Waals surface area contributed by atoms with E-state index in [-0.39, 0.29) is 14.4 Å². The molecule has 0 radical (unpaired) electrons. The third-order valence-corrected chi connectivity index (χ3v) is 5.26. The molecule has 0 saturated carbocycles. The number of aromatic amines is 1. The van der Waals surface area contributed by atoms with E-state index in [1.807, 2.05) is 0 Å². The molecule has 8 heteroatoms. The number of aromatic nitrogens is 1. The van der Waals surface area contributed by atoms with Gasteiger partial charge in [-0.15, -0.1) is 11.3 Å². The Morgan fingerprint density at radius 3 is 2.76 bits per heavy atom. The standard InChI is InChI=1S/C9H7BrN2O3S2/c10-6-4-11-5-7(9(6)13)12-17(14,15)8-2-1-3-16-8/h1-5,12H,(H,11,13). The first-order valence-corrected chi connectivity index (χ1v) is 7.59. The Morgan fingerprint density at radius 2 is 2.12 bits per heavy atom. The molecular weight excluding hydrogens is 328 g/mol. The number of pyridine rings is 1. The van der Waals surface area contributed by atoms with Crippen molar-refractivity contribution in [2.24, 2.45) is 0 Å². The van der Waals surface area contributed by atoms with Crippen LogP contribution in [0.3, 0.4) is 0 Å². The molecule has 0 amide bonds. The molecule has 2 aromatic heterocycles. The zero-order chi connectivity index (χ0) is 12.5. The van der Waals surface area contributed by atoms with E-state index in [4.69, 9.17) is 0 Å². The quantitative estimate of drug-likeness (QED) is 0.900. The molecule has 2 N–H and O–H groups in total. The van der Waals surface area contributed by atoms with Crippen LogP contribution in [0.15, 0.2) is 43.4 Å². The number of hydrogen-bond donors (Lipinski definition) is 2. The van der Waals surface area contributed by atoms with Crippen molar-refractivity contribution >= 4 is 43.0 Å². The van der Waals surface area contributed by atoms with Gasteiger partial charge in [0.2, 0.25) is 5.43 Å². The molecule has 0 aliphatic heterocycles. The van der Waals surface area contributed by atoms with Crippen molar-refractivity contribution in [2.45, 2.75) is 4.21 Å². The molecule has 0 atom stereocenters. The second kappa shape index (κ2) is 4.63. The highest BCUT2D eigenvalue weighted by Gasteiger charge is 2.17. The van der Waals surface area contributed by atoms with Crippen LogP contribution in [-0.4, -0.2) is 13.4 Å². The lowest BCUT2D eigenvalue weighted by molar-refractivity contribution is 0.603. The summed E-state index contributed by atoms with van der Waals surface area (Å²) in [6, 6.07) is 3.10. The van der Waals surface area contributed by atoms with Crippen molar-refractivity contribution in [1.29, 1.82) is 0 Å². The van der Waals surface area contributed by atoms with Crippen LogP contribution in [0.25, 0.3) is 0 Å². The van der Waals surface area contributed by atoms with Gasteiger partial charge in [0, 0.05) is 12.4 Å². The van der Waals surface area contributed by atoms with Gasteiger partial charge < -0.3 is 4.98 Å². The van der Waals surface area contributed by atoms with Crippen LogP contribution in [0.2, 0.25) is 0 Å². The summed E-state index contributed by atoms with van der Waals surface area (Å²) in [5.41, 5.74) is -0.434. The third-order valence-electron chi connectivity index (χ3n) is 1.90. The molecule has 2 heterocycles. The molecule has 0 fully saturated rings. The SMILES string of the molecule is O=c1c(Br)c[nH]cc1NS(=O)(=O)c1cccs1. The van der Waals surface area contributed by atoms with Gasteiger partial charge in [-0.1, -0.05) is 6.07 Å². The molecule has 0 aliphatic carbocycles. The van der Waals surface area contributed by atoms with Crippen molar-refractivity contribution < 1.29 is 8.42 Å². The van der Waals surface area contributed by atoms with Crippen LogP contribution < -0.4 is 10.2 Å². The topological polar surface area (TPSA) is 79.0 Å². The summed E-state index contributed by atoms with van der Waals surface area (Å²) >= 11 is 4.11. The summed E-state index contributed by atoms with van der Waals surface area (Å²) in [5, 5.41) is 1.65. The minimum absolute atomic E-state index is 0.0206. The molecule has 0 bridgehead atoms. The summed E-state index contributed by atoms with van der Waals surface area (Å²) in [7, 11) is -3.68. The number of rotatable bonds is 3. The smallest absolute Gasteiger partial charge is 0.271 e. The van der Waals surface area contributed by atoms with Crippen LogP contribution in [-0.2, 0) is 10.0 Å². The predicted molar refractivity (Wildman–Crippen MR) is 69.9 cm³/mol. The number of anilines is 1. The summed E-state index contributed by atoms with van der Waals surface area (Å²) in [4.78, 5) is 14.3. The number of nitrogens with one attached hydrogen (secondary N) is 2. The molecule has 0 saturated heterocycles. The highest BCUT2D eigenvalue weighted by atomic mass is 79.9. The van der Waals surface area contributed by atoms with Gasteiger partial charge in [0.15, 0.2) is 0 Å². The van der Waals surface area contributed by atoms with Crippen LogP contribution in [0.1, 0.15) is 0 Å². The van der Waals surface area contributed by atoms with Crippen molar-refractivity contribution in [3.63, 3.8) is 0 Å². The zero-order valence-corrected chi connectivity index (χ0v) is 11.5. The Kier molecular flexibility index (Phi) is 3.36. The molecule has 17 heavy (non-hydrogen) atoms. The Bertz CT molecular complexity index is 677. The maximum atomic E-state index is 11.9. The van der Waals surface area contributed by atoms with Crippen molar-refractivity contribution in [1.82, 2.24) is 4.98 Å². The van der Waals surface area contributed by atoms with Gasteiger partial charge >= 0.3 is 0 Å². The molecule has 2 rings (SSSR count). The van der Waals surface area contributed by atoms with E-state index in [9.17, 15) is 13.2 Å². The Balaban J connectivity index is 2.40. The van der Waals surface area contributed by atoms with Crippen LogP contribution >= 0.6 is 27.3 Å². The number of halogens is 1. The number of hydrogen-bond acceptors (Lipinski definition) is 4. The van der Waals surface area contributed by atoms with Crippen molar-refractivity contribution in [3.05, 3.63) is 44.6 Å². The van der Waals surface area contributed by atoms with Crippen molar-refractivity contribution in [2.75, 3.05) is 4.72 Å². The molecule has 0 aromatic carbocycles. The molecule has 90 valence electrons. The van der Waals surface area contributed by atoms with E-state index in [1.165, 1.54) is 18.5 Å². The van der Waals surface area contributed by atoms with Gasteiger partial charge in [-0.3, -0.25) is 9.52 Å². The summed E-state index contributed by atoms with van der Waals surface area (Å²) in [5.74, 6) is 0. The van der Waals surface area contributed by atoms with Gasteiger partial charge in [0.1, 0.15) is 9.90 Å². The average molecular weight is 335 g/mol. The number of H-pyrrole nitrogens is 1. The fourth-order valence-electron chi connectivity index (χ4n) is 1.15. The zero-order valence-electron chi connectivity index (χ0n) is 8.31. The van der Waals surface area contributed by atoms with Gasteiger partial charge in [0.05, 0.1) is 4.47 Å². The van der Waals surface area contributed by atoms with Crippen LogP contribution in [0.5, 0.6) is 0 Å². The molecule has 0 spiro atoms. The summed E-state index contributed by atoms with van der Waals surface area (Å²) in [6.07, 6.45) is 2.74. The van der Waals surface area contributed by atoms with Crippen molar-refractivity contribution in [3.8, 4) is 0 Å². The summed E-state index contributed by atoms with van der Waals surface area (Å²) < 4.78 is 26.4. The molecule has 5 nitrogen and oxygen atoms in total. The van der Waals surface area contributed by atoms with E-state index in [0.29, 0.717) is 0 Å². The lowest BCUT2D eigenvalue weighted by Crippen LogP contribution is -2.18. The van der Waals surface area contributed by atoms with Crippen LogP contribution in [0.4, 0.5) is 5.69 Å². The first-order chi connectivity index (χ1) is 8.00. The van der Waals surface area contributed by atoms with Gasteiger partial charge in [-0.25, -0.2) is 8.42 Å². The lowest BCUT2D eigenvalue weighted by Gasteiger charge is -2.05. The van der Waals surface area contributed by atoms with Crippen LogP contribution in [0, 0.1) is 0 Å². The van der Waals surface area contributed by atoms with E-state index in [2.05, 4.69) is 25.6 Å². The van der Waals surface area contributed by atoms with E-state index in [1.54, 1.807) is 11.4 Å². The highest BCUT2D eigenvalue weighted by Crippen LogP contribution is 2.18. The Labute approximate surface area is 110 Å². The largest absolute Gasteiger partial charge is 0.365 e. The second-order valence-electron chi connectivity index (χ2n) is 3.08. The fraction of sp³-hybridized carbons (Fsp3) is 0. The third kappa shape index (κ3) is 2.59. The highest BCUT2D eigenvalue weighted by molar-refractivity contribution is 9.10. The minimum atomic E-state index is -3.68. The van der Waals surface area contributed by atoms with Gasteiger partial charge in [-0.05, 0) is 27.4 Å². The maximum absolute atomic E-state index is 11.9. The Morgan fingerprint density at radius 1 is 1.35 bits per heavy atom. The fourth-order valence-corrected chi connectivity index (χ4v) is 3.54. The first-order valence-electron chi connectivity index (χ1n) is 4.43. The first kappa shape index (κ1) is 12.3. The van der Waals surface area contributed by atoms with Gasteiger partial charge in [-0.2, -0.15) is 0 Å². The molecule has 0 aliphatic rings. The van der Waals surface area contributed by atoms with E-state index >= 15 is 0 Å². The molecule has 0 unspecified atom stereocenters. The molecule has 2 aromatic rings. The average Bonchev–Trinajstić information content (AvgIpc) is 2.78. The Hall–Kier alpha value is -1.12. The number of thiophene rings is 1. The predicted octanol–water partition coefficient (Wildman–Crippen LogP) is 2.00. The normalized spacial score (nSPS) is 11.4. The summed E-state index contributed by atoms with van der Waals surface area (Å²) in [6.45, 7) is 0. The minimum Gasteiger partial charge on any atom is -0.365 e. The number of sulfonamides is 1. The van der Waals surface area contributed by atoms with E-state index < -0.39 is 15.5 Å². The second-order valence-corrected chi connectivity index (χ2v) is 6.79. The molecular formula is C9H7BrN2O3S2. The van der Waals surface area contributed by atoms with E-state index in [0.717, 1.165) is 11.3 Å². The van der Waals surface area contributed by atoms with Gasteiger partial charge in [0.25, 0.3) is 10.0 Å².